The molecule has 0 aliphatic carbocycles. The molecule has 0 aliphatic heterocycles. The van der Waals surface area contributed by atoms with Crippen molar-refractivity contribution in [3.8, 4) is 0 Å². The number of carboxylic acid groups (broad SMARTS) is 1. The third-order valence-electron chi connectivity index (χ3n) is 2.07. The van der Waals surface area contributed by atoms with Gasteiger partial charge in [-0.1, -0.05) is 16.9 Å². The minimum absolute atomic E-state index is 0.195. The van der Waals surface area contributed by atoms with Gasteiger partial charge in [-0.25, -0.2) is 4.79 Å². The molecule has 0 spiro atoms. The Hall–Kier alpha value is -2.36. The van der Waals surface area contributed by atoms with Crippen molar-refractivity contribution in [3.63, 3.8) is 0 Å². The highest BCUT2D eigenvalue weighted by molar-refractivity contribution is 7.98. The molecule has 19 heavy (non-hydrogen) atoms. The van der Waals surface area contributed by atoms with Gasteiger partial charge in [0.05, 0.1) is 5.75 Å². The summed E-state index contributed by atoms with van der Waals surface area (Å²) in [5.41, 5.74) is -1.89. The Kier molecular flexibility index (Phi) is 3.51. The van der Waals surface area contributed by atoms with Gasteiger partial charge in [0.15, 0.2) is 10.9 Å². The Morgan fingerprint density at radius 2 is 2.32 bits per heavy atom. The van der Waals surface area contributed by atoms with E-state index in [1.54, 1.807) is 0 Å². The molecule has 0 saturated carbocycles. The number of aromatic carboxylic acids is 1. The number of thioether (sulfide) groups is 1. The van der Waals surface area contributed by atoms with Crippen molar-refractivity contribution in [1.29, 1.82) is 0 Å². The Morgan fingerprint density at radius 3 is 2.95 bits per heavy atom. The molecule has 9 nitrogen and oxygen atoms in total. The number of aryl methyl sites for hydroxylation is 1. The lowest BCUT2D eigenvalue weighted by Crippen LogP contribution is -2.33. The first-order chi connectivity index (χ1) is 8.97. The smallest absolute Gasteiger partial charge is 0.358 e. The van der Waals surface area contributed by atoms with Crippen LogP contribution in [0, 0.1) is 0 Å². The van der Waals surface area contributed by atoms with Gasteiger partial charge in [0.25, 0.3) is 0 Å². The maximum Gasteiger partial charge on any atom is 0.358 e. The van der Waals surface area contributed by atoms with E-state index in [1.165, 1.54) is 17.8 Å². The van der Waals surface area contributed by atoms with Crippen LogP contribution in [0.5, 0.6) is 0 Å². The maximum atomic E-state index is 11.1. The van der Waals surface area contributed by atoms with Crippen LogP contribution in [0.15, 0.2) is 25.3 Å². The number of carbonyl (C=O) groups is 1. The van der Waals surface area contributed by atoms with Crippen LogP contribution >= 0.6 is 11.8 Å². The highest BCUT2D eigenvalue weighted by Crippen LogP contribution is 2.19. The van der Waals surface area contributed by atoms with Gasteiger partial charge in [0, 0.05) is 13.1 Å². The molecule has 0 radical (unpaired) electrons. The minimum Gasteiger partial charge on any atom is -0.476 e. The molecule has 0 saturated heterocycles. The molecular weight excluding hydrogens is 276 g/mol. The average Bonchev–Trinajstić information content (AvgIpc) is 2.81. The molecule has 2 heterocycles. The number of aromatic nitrogens is 4. The molecule has 0 aliphatic rings. The van der Waals surface area contributed by atoms with Crippen LogP contribution in [0.25, 0.3) is 0 Å². The zero-order valence-electron chi connectivity index (χ0n) is 9.61. The van der Waals surface area contributed by atoms with Gasteiger partial charge >= 0.3 is 17.1 Å². The fraction of sp³-hybridized carbons (Fsp3) is 0.222. The summed E-state index contributed by atoms with van der Waals surface area (Å²) in [6, 6.07) is 1.28. The van der Waals surface area contributed by atoms with Gasteiger partial charge < -0.3 is 9.63 Å². The molecule has 2 aromatic rings. The van der Waals surface area contributed by atoms with Crippen molar-refractivity contribution in [2.24, 2.45) is 7.05 Å². The zero-order valence-corrected chi connectivity index (χ0v) is 10.4. The molecule has 0 bridgehead atoms. The van der Waals surface area contributed by atoms with Crippen molar-refractivity contribution in [1.82, 2.24) is 19.9 Å². The summed E-state index contributed by atoms with van der Waals surface area (Å²) < 4.78 is 6.10. The molecule has 0 amide bonds. The summed E-state index contributed by atoms with van der Waals surface area (Å²) in [5, 5.41) is 14.6. The summed E-state index contributed by atoms with van der Waals surface area (Å²) in [6.07, 6.45) is 0. The van der Waals surface area contributed by atoms with Crippen LogP contribution in [-0.4, -0.2) is 31.0 Å². The van der Waals surface area contributed by atoms with Crippen molar-refractivity contribution in [2.45, 2.75) is 10.9 Å². The van der Waals surface area contributed by atoms with Crippen LogP contribution in [0.1, 0.15) is 16.2 Å². The number of hydrogen-bond acceptors (Lipinski definition) is 7. The maximum absolute atomic E-state index is 11.1. The van der Waals surface area contributed by atoms with Crippen LogP contribution in [-0.2, 0) is 12.8 Å². The molecule has 0 aromatic carbocycles. The number of aromatic amines is 1. The Labute approximate surface area is 109 Å². The van der Waals surface area contributed by atoms with Crippen LogP contribution in [0.2, 0.25) is 0 Å². The Morgan fingerprint density at radius 1 is 1.58 bits per heavy atom. The first-order valence-electron chi connectivity index (χ1n) is 4.96. The topological polar surface area (TPSA) is 131 Å². The minimum atomic E-state index is -1.19. The molecule has 0 fully saturated rings. The van der Waals surface area contributed by atoms with E-state index in [4.69, 9.17) is 9.63 Å². The van der Waals surface area contributed by atoms with E-state index in [9.17, 15) is 14.4 Å². The van der Waals surface area contributed by atoms with Gasteiger partial charge in [-0.15, -0.1) is 0 Å². The third-order valence-corrected chi connectivity index (χ3v) is 3.12. The fourth-order valence-corrected chi connectivity index (χ4v) is 2.00. The van der Waals surface area contributed by atoms with E-state index in [2.05, 4.69) is 15.2 Å². The number of rotatable bonds is 4. The average molecular weight is 284 g/mol. The molecule has 2 rings (SSSR count). The van der Waals surface area contributed by atoms with Crippen LogP contribution < -0.4 is 11.1 Å². The predicted molar refractivity (Wildman–Crippen MR) is 63.1 cm³/mol. The third kappa shape index (κ3) is 2.91. The van der Waals surface area contributed by atoms with Gasteiger partial charge in [-0.3, -0.25) is 19.4 Å². The van der Waals surface area contributed by atoms with E-state index in [1.807, 2.05) is 0 Å². The Balaban J connectivity index is 2.14. The fourth-order valence-electron chi connectivity index (χ4n) is 1.21. The second kappa shape index (κ2) is 5.10. The lowest BCUT2D eigenvalue weighted by Gasteiger charge is -2.03. The second-order valence-corrected chi connectivity index (χ2v) is 4.41. The monoisotopic (exact) mass is 284 g/mol. The van der Waals surface area contributed by atoms with E-state index in [-0.39, 0.29) is 16.6 Å². The molecule has 100 valence electrons. The molecule has 2 aromatic heterocycles. The highest BCUT2D eigenvalue weighted by Gasteiger charge is 2.12. The summed E-state index contributed by atoms with van der Waals surface area (Å²) >= 11 is 1.10. The quantitative estimate of drug-likeness (QED) is 0.564. The van der Waals surface area contributed by atoms with Crippen molar-refractivity contribution < 1.29 is 14.4 Å². The lowest BCUT2D eigenvalue weighted by molar-refractivity contribution is 0.0685. The Bertz CT molecular complexity index is 731. The van der Waals surface area contributed by atoms with Gasteiger partial charge in [0.2, 0.25) is 0 Å². The van der Waals surface area contributed by atoms with E-state index in [0.29, 0.717) is 5.76 Å². The first-order valence-corrected chi connectivity index (χ1v) is 5.95. The summed E-state index contributed by atoms with van der Waals surface area (Å²) in [5.74, 6) is -0.635. The van der Waals surface area contributed by atoms with Gasteiger partial charge in [-0.05, 0) is 0 Å². The highest BCUT2D eigenvalue weighted by atomic mass is 32.2. The molecular formula is C9H8N4O5S. The van der Waals surface area contributed by atoms with Crippen molar-refractivity contribution in [3.05, 3.63) is 38.2 Å². The number of carboxylic acids is 1. The molecule has 2 N–H and O–H groups in total. The second-order valence-electron chi connectivity index (χ2n) is 3.47. The summed E-state index contributed by atoms with van der Waals surface area (Å²) in [7, 11) is 1.53. The number of hydrogen-bond donors (Lipinski definition) is 2. The number of H-pyrrole nitrogens is 1. The summed E-state index contributed by atoms with van der Waals surface area (Å²) in [4.78, 5) is 36.3. The van der Waals surface area contributed by atoms with Crippen LogP contribution in [0.3, 0.4) is 0 Å². The normalized spacial score (nSPS) is 10.6. The van der Waals surface area contributed by atoms with Crippen molar-refractivity contribution in [2.75, 3.05) is 0 Å². The molecule has 0 atom stereocenters. The van der Waals surface area contributed by atoms with E-state index >= 15 is 0 Å². The largest absolute Gasteiger partial charge is 0.476 e. The van der Waals surface area contributed by atoms with Crippen molar-refractivity contribution >= 4 is 17.7 Å². The molecule has 10 heteroatoms. The van der Waals surface area contributed by atoms with E-state index in [0.717, 1.165) is 11.8 Å². The number of nitrogens with one attached hydrogen (secondary N) is 1. The lowest BCUT2D eigenvalue weighted by atomic mass is 10.4. The number of nitrogens with zero attached hydrogens (tertiary/aromatic N) is 3. The summed E-state index contributed by atoms with van der Waals surface area (Å²) in [6.45, 7) is 0. The van der Waals surface area contributed by atoms with Gasteiger partial charge in [0.1, 0.15) is 5.76 Å². The van der Waals surface area contributed by atoms with Crippen LogP contribution in [0.4, 0.5) is 0 Å². The van der Waals surface area contributed by atoms with Gasteiger partial charge in [-0.2, -0.15) is 4.98 Å². The van der Waals surface area contributed by atoms with E-state index < -0.39 is 17.1 Å². The SMILES string of the molecule is Cn1[nH]c(=O)c(=O)nc1SCc1cc(C(=O)O)no1. The zero-order chi connectivity index (χ0) is 14.0. The predicted octanol–water partition coefficient (Wildman–Crippen LogP) is -0.553. The molecule has 0 unspecified atom stereocenters. The first kappa shape index (κ1) is 13.1. The standard InChI is InChI=1S/C9H8N4O5S/c1-13-9(10-6(14)7(15)11-13)19-3-4-2-5(8(16)17)12-18-4/h2H,3H2,1H3,(H,11,15)(H,16,17).